The van der Waals surface area contributed by atoms with Crippen molar-refractivity contribution in [3.8, 4) is 22.9 Å². The monoisotopic (exact) mass is 826 g/mol. The van der Waals surface area contributed by atoms with E-state index < -0.39 is 60.3 Å². The standard InChI is InChI=1S/C39H51N6O10PS/c1-8-22-18-39(22,56(50,51)52)44-34(47)30-16-25(19-45(30)35(48)32(38(4,5)6)42-37(49)55-23-11-9-10-12-23)54-31-17-28(40-27-15-24(53-7)13-14-26(27)31)29-20-57-36(41-29)43-33(46)21(2)3/h8,13-15,17,20-23,25,30,32H,1,9-12,16,18-19H2,2-7H3,(H,42,49)(H,44,47)(H,41,43,46)(H2,50,51,52)/t22-,25-,30+,32-,39+/m1/s1. The van der Waals surface area contributed by atoms with E-state index in [4.69, 9.17) is 19.2 Å². The second-order valence-electron chi connectivity index (χ2n) is 16.3. The Balaban J connectivity index is 1.33. The van der Waals surface area contributed by atoms with E-state index in [0.29, 0.717) is 38.9 Å². The smallest absolute Gasteiger partial charge is 0.408 e. The van der Waals surface area contributed by atoms with Crippen molar-refractivity contribution >= 4 is 58.8 Å². The Hall–Kier alpha value is -4.57. The molecule has 5 N–H and O–H groups in total. The van der Waals surface area contributed by atoms with Crippen LogP contribution in [0.4, 0.5) is 9.93 Å². The first kappa shape index (κ1) is 42.0. The maximum absolute atomic E-state index is 14.6. The molecule has 3 aromatic rings. The highest BCUT2D eigenvalue weighted by Gasteiger charge is 2.66. The first-order chi connectivity index (χ1) is 26.8. The number of hydrogen-bond acceptors (Lipinski definition) is 11. The zero-order valence-corrected chi connectivity index (χ0v) is 34.7. The molecule has 0 bridgehead atoms. The number of rotatable bonds is 13. The summed E-state index contributed by atoms with van der Waals surface area (Å²) < 4.78 is 30.4. The van der Waals surface area contributed by atoms with E-state index in [1.807, 2.05) is 0 Å². The van der Waals surface area contributed by atoms with Gasteiger partial charge in [0.15, 0.2) is 5.13 Å². The van der Waals surface area contributed by atoms with E-state index in [1.54, 1.807) is 64.3 Å². The van der Waals surface area contributed by atoms with Crippen LogP contribution in [0.5, 0.6) is 11.5 Å². The third-order valence-electron chi connectivity index (χ3n) is 10.7. The van der Waals surface area contributed by atoms with E-state index in [9.17, 15) is 33.5 Å². The van der Waals surface area contributed by atoms with Crippen LogP contribution in [0.15, 0.2) is 42.3 Å². The molecule has 4 amide bonds. The summed E-state index contributed by atoms with van der Waals surface area (Å²) in [6.45, 7) is 12.5. The molecule has 2 aromatic heterocycles. The maximum atomic E-state index is 14.6. The Morgan fingerprint density at radius 2 is 1.81 bits per heavy atom. The molecule has 3 aliphatic rings. The van der Waals surface area contributed by atoms with Crippen molar-refractivity contribution < 1.29 is 47.7 Å². The van der Waals surface area contributed by atoms with E-state index in [0.717, 1.165) is 25.7 Å². The van der Waals surface area contributed by atoms with Gasteiger partial charge in [-0.05, 0) is 49.7 Å². The number of ether oxygens (including phenoxy) is 3. The molecular weight excluding hydrogens is 776 g/mol. The highest BCUT2D eigenvalue weighted by molar-refractivity contribution is 7.54. The van der Waals surface area contributed by atoms with Gasteiger partial charge in [-0.25, -0.2) is 14.8 Å². The van der Waals surface area contributed by atoms with Crippen molar-refractivity contribution in [1.29, 1.82) is 0 Å². The summed E-state index contributed by atoms with van der Waals surface area (Å²) in [6.07, 6.45) is 2.90. The number of nitrogens with one attached hydrogen (secondary N) is 3. The van der Waals surface area contributed by atoms with E-state index >= 15 is 0 Å². The van der Waals surface area contributed by atoms with Gasteiger partial charge in [0.1, 0.15) is 46.8 Å². The molecule has 0 spiro atoms. The Kier molecular flexibility index (Phi) is 12.1. The second kappa shape index (κ2) is 16.4. The molecule has 5 atom stereocenters. The number of amides is 4. The number of carbonyl (C=O) groups excluding carboxylic acids is 4. The first-order valence-corrected chi connectivity index (χ1v) is 21.5. The van der Waals surface area contributed by atoms with Gasteiger partial charge in [0, 0.05) is 41.2 Å². The Morgan fingerprint density at radius 3 is 2.42 bits per heavy atom. The van der Waals surface area contributed by atoms with Crippen molar-refractivity contribution in [2.24, 2.45) is 17.3 Å². The molecule has 2 saturated carbocycles. The normalized spacial score (nSPS) is 22.9. The molecule has 57 heavy (non-hydrogen) atoms. The highest BCUT2D eigenvalue weighted by Crippen LogP contribution is 2.67. The van der Waals surface area contributed by atoms with E-state index in [1.165, 1.54) is 29.4 Å². The molecule has 0 radical (unpaired) electrons. The minimum absolute atomic E-state index is 0.0129. The predicted octanol–water partition coefficient (Wildman–Crippen LogP) is 5.59. The number of anilines is 1. The number of alkyl carbamates (subject to hydrolysis) is 1. The molecule has 0 unspecified atom stereocenters. The average Bonchev–Trinajstić information content (AvgIpc) is 3.55. The van der Waals surface area contributed by atoms with Crippen molar-refractivity contribution in [3.63, 3.8) is 0 Å². The largest absolute Gasteiger partial charge is 0.497 e. The SMILES string of the molecule is C=C[C@@H]1C[C@]1(NC(=O)[C@@H]1C[C@@H](Oc2cc(-c3csc(NC(=O)C(C)C)n3)nc3cc(OC)ccc23)CN1C(=O)[C@@H](NC(=O)OC1CCCC1)C(C)(C)C)P(=O)(O)O. The predicted molar refractivity (Wildman–Crippen MR) is 214 cm³/mol. The van der Waals surface area contributed by atoms with Crippen LogP contribution in [0.2, 0.25) is 0 Å². The topological polar surface area (TPSA) is 219 Å². The average molecular weight is 827 g/mol. The Labute approximate surface area is 335 Å². The molecule has 1 aliphatic heterocycles. The summed E-state index contributed by atoms with van der Waals surface area (Å²) in [5.74, 6) is -1.55. The van der Waals surface area contributed by atoms with Gasteiger partial charge in [-0.15, -0.1) is 17.9 Å². The van der Waals surface area contributed by atoms with Crippen LogP contribution in [0.3, 0.4) is 0 Å². The number of likely N-dealkylation sites (tertiary alicyclic amines) is 1. The van der Waals surface area contributed by atoms with Crippen LogP contribution in [-0.4, -0.2) is 91.7 Å². The zero-order valence-electron chi connectivity index (χ0n) is 32.9. The number of thiazole rings is 1. The number of pyridine rings is 1. The number of benzene rings is 1. The molecule has 6 rings (SSSR count). The van der Waals surface area contributed by atoms with Crippen LogP contribution in [-0.2, 0) is 23.7 Å². The van der Waals surface area contributed by atoms with Gasteiger partial charge in [-0.1, -0.05) is 40.7 Å². The van der Waals surface area contributed by atoms with Crippen LogP contribution in [0.25, 0.3) is 22.3 Å². The summed E-state index contributed by atoms with van der Waals surface area (Å²) in [5.41, 5.74) is 0.576. The van der Waals surface area contributed by atoms with Gasteiger partial charge >= 0.3 is 13.7 Å². The molecule has 3 fully saturated rings. The molecular formula is C39H51N6O10PS. The summed E-state index contributed by atoms with van der Waals surface area (Å²) in [7, 11) is -3.32. The number of methoxy groups -OCH3 is 1. The van der Waals surface area contributed by atoms with Crippen molar-refractivity contribution in [2.75, 3.05) is 19.0 Å². The zero-order chi connectivity index (χ0) is 41.4. The molecule has 2 aliphatic carbocycles. The molecule has 308 valence electrons. The molecule has 1 saturated heterocycles. The summed E-state index contributed by atoms with van der Waals surface area (Å²) >= 11 is 1.24. The van der Waals surface area contributed by atoms with Gasteiger partial charge < -0.3 is 44.8 Å². The summed E-state index contributed by atoms with van der Waals surface area (Å²) in [4.78, 5) is 85.6. The van der Waals surface area contributed by atoms with Crippen LogP contribution in [0.1, 0.15) is 73.1 Å². The lowest BCUT2D eigenvalue weighted by Gasteiger charge is -2.35. The minimum Gasteiger partial charge on any atom is -0.497 e. The third-order valence-corrected chi connectivity index (χ3v) is 13.1. The van der Waals surface area contributed by atoms with Crippen molar-refractivity contribution in [3.05, 3.63) is 42.3 Å². The second-order valence-corrected chi connectivity index (χ2v) is 19.1. The number of hydrogen-bond donors (Lipinski definition) is 5. The van der Waals surface area contributed by atoms with Gasteiger partial charge in [0.2, 0.25) is 17.7 Å². The van der Waals surface area contributed by atoms with Crippen molar-refractivity contribution in [1.82, 2.24) is 25.5 Å². The van der Waals surface area contributed by atoms with Crippen LogP contribution in [0, 0.1) is 17.3 Å². The number of carbonyl (C=O) groups is 4. The maximum Gasteiger partial charge on any atom is 0.408 e. The van der Waals surface area contributed by atoms with Crippen LogP contribution < -0.4 is 25.4 Å². The fourth-order valence-corrected chi connectivity index (χ4v) is 9.25. The fourth-order valence-electron chi connectivity index (χ4n) is 7.31. The Bertz CT molecular complexity index is 2090. The molecule has 3 heterocycles. The minimum atomic E-state index is -4.85. The van der Waals surface area contributed by atoms with Gasteiger partial charge in [0.05, 0.1) is 24.9 Å². The number of nitrogens with zero attached hydrogens (tertiary/aromatic N) is 3. The lowest BCUT2D eigenvalue weighted by atomic mass is 9.85. The third kappa shape index (κ3) is 9.11. The number of fused-ring (bicyclic) bond motifs is 1. The lowest BCUT2D eigenvalue weighted by Crippen LogP contribution is -2.58. The highest BCUT2D eigenvalue weighted by atomic mass is 32.1. The fraction of sp³-hybridized carbons (Fsp3) is 0.538. The van der Waals surface area contributed by atoms with Crippen molar-refractivity contribution in [2.45, 2.75) is 103 Å². The van der Waals surface area contributed by atoms with E-state index in [2.05, 4.69) is 27.5 Å². The molecule has 18 heteroatoms. The number of aromatic nitrogens is 2. The van der Waals surface area contributed by atoms with E-state index in [-0.39, 0.29) is 37.3 Å². The van der Waals surface area contributed by atoms with Gasteiger partial charge in [-0.3, -0.25) is 18.9 Å². The van der Waals surface area contributed by atoms with Crippen LogP contribution >= 0.6 is 18.9 Å². The Morgan fingerprint density at radius 1 is 1.09 bits per heavy atom. The summed E-state index contributed by atoms with van der Waals surface area (Å²) in [6, 6.07) is 4.59. The molecule has 16 nitrogen and oxygen atoms in total. The van der Waals surface area contributed by atoms with Gasteiger partial charge in [-0.2, -0.15) is 0 Å². The lowest BCUT2D eigenvalue weighted by molar-refractivity contribution is -0.142. The first-order valence-electron chi connectivity index (χ1n) is 19.0. The summed E-state index contributed by atoms with van der Waals surface area (Å²) in [5, 5.41) is 9.05. The molecule has 1 aromatic carbocycles. The van der Waals surface area contributed by atoms with Gasteiger partial charge in [0.25, 0.3) is 0 Å². The quantitative estimate of drug-likeness (QED) is 0.105.